The Morgan fingerprint density at radius 3 is 2.54 bits per heavy atom. The highest BCUT2D eigenvalue weighted by atomic mass is 14.5. The van der Waals surface area contributed by atoms with Crippen molar-refractivity contribution in [2.24, 2.45) is 0 Å². The molecule has 0 fully saturated rings. The lowest BCUT2D eigenvalue weighted by Crippen LogP contribution is -1.86. The minimum absolute atomic E-state index is 0.831. The van der Waals surface area contributed by atoms with E-state index in [0.717, 1.165) is 5.69 Å². The maximum Gasteiger partial charge on any atom is 0.0320 e. The molecule has 0 amide bonds. The summed E-state index contributed by atoms with van der Waals surface area (Å²) in [5.74, 6) is 0. The van der Waals surface area contributed by atoms with Crippen LogP contribution < -0.4 is 5.73 Å². The fraction of sp³-hybridized carbons (Fsp3) is 0.167. The summed E-state index contributed by atoms with van der Waals surface area (Å²) in [6.07, 6.45) is 0. The van der Waals surface area contributed by atoms with E-state index in [1.165, 1.54) is 21.9 Å². The van der Waals surface area contributed by atoms with Crippen LogP contribution in [0.25, 0.3) is 10.8 Å². The van der Waals surface area contributed by atoms with Gasteiger partial charge in [-0.3, -0.25) is 0 Å². The van der Waals surface area contributed by atoms with Gasteiger partial charge >= 0.3 is 0 Å². The van der Waals surface area contributed by atoms with Crippen LogP contribution in [0.3, 0.4) is 0 Å². The minimum atomic E-state index is 0.831. The zero-order valence-corrected chi connectivity index (χ0v) is 7.96. The number of fused-ring (bicyclic) bond motifs is 1. The third kappa shape index (κ3) is 1.37. The fourth-order valence-corrected chi connectivity index (χ4v) is 1.77. The maximum atomic E-state index is 5.72. The quantitative estimate of drug-likeness (QED) is 0.606. The van der Waals surface area contributed by atoms with Gasteiger partial charge in [0.05, 0.1) is 0 Å². The summed E-state index contributed by atoms with van der Waals surface area (Å²) in [7, 11) is 0. The molecule has 0 radical (unpaired) electrons. The van der Waals surface area contributed by atoms with Crippen molar-refractivity contribution >= 4 is 16.5 Å². The van der Waals surface area contributed by atoms with Gasteiger partial charge in [0.25, 0.3) is 0 Å². The Balaban J connectivity index is 2.86. The molecule has 0 aliphatic carbocycles. The van der Waals surface area contributed by atoms with Crippen molar-refractivity contribution < 1.29 is 0 Å². The van der Waals surface area contributed by atoms with E-state index >= 15 is 0 Å². The Kier molecular flexibility index (Phi) is 1.73. The van der Waals surface area contributed by atoms with E-state index in [-0.39, 0.29) is 0 Å². The third-order valence-electron chi connectivity index (χ3n) is 2.33. The molecule has 66 valence electrons. The first-order chi connectivity index (χ1) is 6.16. The molecule has 0 aliphatic rings. The summed E-state index contributed by atoms with van der Waals surface area (Å²) in [5, 5.41) is 2.53. The second-order valence-electron chi connectivity index (χ2n) is 3.56. The second-order valence-corrected chi connectivity index (χ2v) is 3.56. The van der Waals surface area contributed by atoms with E-state index in [0.29, 0.717) is 0 Å². The predicted molar refractivity (Wildman–Crippen MR) is 57.8 cm³/mol. The van der Waals surface area contributed by atoms with Gasteiger partial charge in [-0.1, -0.05) is 23.8 Å². The highest BCUT2D eigenvalue weighted by Crippen LogP contribution is 2.22. The first-order valence-corrected chi connectivity index (χ1v) is 4.43. The van der Waals surface area contributed by atoms with E-state index < -0.39 is 0 Å². The minimum Gasteiger partial charge on any atom is -0.399 e. The number of hydrogen-bond donors (Lipinski definition) is 1. The highest BCUT2D eigenvalue weighted by Gasteiger charge is 1.98. The topological polar surface area (TPSA) is 26.0 Å². The van der Waals surface area contributed by atoms with Crippen molar-refractivity contribution in [3.05, 3.63) is 41.5 Å². The molecule has 2 rings (SSSR count). The Morgan fingerprint density at radius 1 is 1.00 bits per heavy atom. The van der Waals surface area contributed by atoms with Crippen LogP contribution in [0.1, 0.15) is 11.1 Å². The van der Waals surface area contributed by atoms with Crippen LogP contribution >= 0.6 is 0 Å². The number of benzene rings is 2. The van der Waals surface area contributed by atoms with Crippen LogP contribution in [-0.2, 0) is 0 Å². The van der Waals surface area contributed by atoms with Crippen LogP contribution in [0.15, 0.2) is 30.3 Å². The molecule has 0 saturated heterocycles. The van der Waals surface area contributed by atoms with Gasteiger partial charge in [-0.15, -0.1) is 0 Å². The Morgan fingerprint density at radius 2 is 1.77 bits per heavy atom. The van der Waals surface area contributed by atoms with Crippen molar-refractivity contribution in [2.45, 2.75) is 13.8 Å². The lowest BCUT2D eigenvalue weighted by atomic mass is 10.0. The highest BCUT2D eigenvalue weighted by molar-refractivity contribution is 5.88. The number of aryl methyl sites for hydroxylation is 2. The van der Waals surface area contributed by atoms with Gasteiger partial charge in [0.1, 0.15) is 0 Å². The summed E-state index contributed by atoms with van der Waals surface area (Å²) < 4.78 is 0. The summed E-state index contributed by atoms with van der Waals surface area (Å²) in [4.78, 5) is 0. The predicted octanol–water partition coefficient (Wildman–Crippen LogP) is 3.04. The average molecular weight is 171 g/mol. The summed E-state index contributed by atoms with van der Waals surface area (Å²) in [6, 6.07) is 10.4. The van der Waals surface area contributed by atoms with E-state index in [1.54, 1.807) is 0 Å². The Hall–Kier alpha value is -1.50. The normalized spacial score (nSPS) is 10.6. The van der Waals surface area contributed by atoms with Crippen LogP contribution in [0.2, 0.25) is 0 Å². The van der Waals surface area contributed by atoms with Gasteiger partial charge in [0, 0.05) is 5.69 Å². The molecule has 0 heterocycles. The van der Waals surface area contributed by atoms with Gasteiger partial charge in [0.2, 0.25) is 0 Å². The molecule has 0 unspecified atom stereocenters. The Labute approximate surface area is 78.2 Å². The Bertz CT molecular complexity index is 453. The van der Waals surface area contributed by atoms with Gasteiger partial charge in [-0.2, -0.15) is 0 Å². The van der Waals surface area contributed by atoms with Crippen molar-refractivity contribution in [1.82, 2.24) is 0 Å². The molecular formula is C12H13N. The number of hydrogen-bond acceptors (Lipinski definition) is 1. The first kappa shape index (κ1) is 8.11. The lowest BCUT2D eigenvalue weighted by Gasteiger charge is -2.04. The standard InChI is InChI=1S/C12H13N/c1-8-5-9(2)12-4-3-11(13)7-10(12)6-8/h3-7H,13H2,1-2H3. The van der Waals surface area contributed by atoms with E-state index in [2.05, 4.69) is 32.0 Å². The second kappa shape index (κ2) is 2.77. The van der Waals surface area contributed by atoms with Gasteiger partial charge in [-0.05, 0) is 42.3 Å². The molecule has 2 aromatic rings. The number of nitrogen functional groups attached to an aromatic ring is 1. The number of nitrogens with two attached hydrogens (primary N) is 1. The maximum absolute atomic E-state index is 5.72. The van der Waals surface area contributed by atoms with Crippen LogP contribution in [0, 0.1) is 13.8 Å². The first-order valence-electron chi connectivity index (χ1n) is 4.43. The van der Waals surface area contributed by atoms with Crippen LogP contribution in [0.5, 0.6) is 0 Å². The van der Waals surface area contributed by atoms with E-state index in [9.17, 15) is 0 Å². The van der Waals surface area contributed by atoms with Crippen molar-refractivity contribution in [2.75, 3.05) is 5.73 Å². The molecule has 0 saturated carbocycles. The molecule has 1 heteroatoms. The van der Waals surface area contributed by atoms with E-state index in [4.69, 9.17) is 5.73 Å². The molecule has 0 aliphatic heterocycles. The lowest BCUT2D eigenvalue weighted by molar-refractivity contribution is 1.43. The summed E-state index contributed by atoms with van der Waals surface area (Å²) in [6.45, 7) is 4.24. The van der Waals surface area contributed by atoms with Crippen molar-refractivity contribution in [3.8, 4) is 0 Å². The van der Waals surface area contributed by atoms with E-state index in [1.807, 2.05) is 12.1 Å². The van der Waals surface area contributed by atoms with Crippen LogP contribution in [0.4, 0.5) is 5.69 Å². The summed E-state index contributed by atoms with van der Waals surface area (Å²) >= 11 is 0. The van der Waals surface area contributed by atoms with Gasteiger partial charge < -0.3 is 5.73 Å². The van der Waals surface area contributed by atoms with Crippen molar-refractivity contribution in [1.29, 1.82) is 0 Å². The zero-order chi connectivity index (χ0) is 9.42. The zero-order valence-electron chi connectivity index (χ0n) is 7.96. The molecule has 2 aromatic carbocycles. The molecule has 13 heavy (non-hydrogen) atoms. The average Bonchev–Trinajstić information content (AvgIpc) is 2.02. The van der Waals surface area contributed by atoms with Crippen molar-refractivity contribution in [3.63, 3.8) is 0 Å². The smallest absolute Gasteiger partial charge is 0.0320 e. The molecule has 0 bridgehead atoms. The molecular weight excluding hydrogens is 158 g/mol. The number of rotatable bonds is 0. The monoisotopic (exact) mass is 171 g/mol. The van der Waals surface area contributed by atoms with Gasteiger partial charge in [0.15, 0.2) is 0 Å². The molecule has 0 aromatic heterocycles. The largest absolute Gasteiger partial charge is 0.399 e. The SMILES string of the molecule is Cc1cc(C)c2ccc(N)cc2c1. The third-order valence-corrected chi connectivity index (χ3v) is 2.33. The summed E-state index contributed by atoms with van der Waals surface area (Å²) in [5.41, 5.74) is 9.16. The molecule has 0 spiro atoms. The fourth-order valence-electron chi connectivity index (χ4n) is 1.77. The molecule has 1 nitrogen and oxygen atoms in total. The molecule has 0 atom stereocenters. The number of anilines is 1. The van der Waals surface area contributed by atoms with Gasteiger partial charge in [-0.25, -0.2) is 0 Å². The van der Waals surface area contributed by atoms with Crippen LogP contribution in [-0.4, -0.2) is 0 Å². The molecule has 2 N–H and O–H groups in total.